The first kappa shape index (κ1) is 39.1. The highest BCUT2D eigenvalue weighted by molar-refractivity contribution is 5.88. The van der Waals surface area contributed by atoms with Crippen molar-refractivity contribution in [3.8, 4) is 0 Å². The van der Waals surface area contributed by atoms with Crippen LogP contribution in [0.2, 0.25) is 0 Å². The molecule has 0 bridgehead atoms. The summed E-state index contributed by atoms with van der Waals surface area (Å²) in [4.78, 5) is 56.3. The third kappa shape index (κ3) is 29.5. The molecule has 0 heterocycles. The summed E-state index contributed by atoms with van der Waals surface area (Å²) in [6.07, 6.45) is -1.34. The van der Waals surface area contributed by atoms with Gasteiger partial charge in [-0.3, -0.25) is 14.4 Å². The van der Waals surface area contributed by atoms with Gasteiger partial charge in [-0.1, -0.05) is 27.7 Å². The van der Waals surface area contributed by atoms with Crippen LogP contribution in [0.15, 0.2) is 0 Å². The van der Waals surface area contributed by atoms with Gasteiger partial charge in [0.15, 0.2) is 5.78 Å². The smallest absolute Gasteiger partial charge is 0.407 e. The quantitative estimate of drug-likeness (QED) is 0.132. The van der Waals surface area contributed by atoms with Gasteiger partial charge >= 0.3 is 12.2 Å². The molecular formula is C25H48N4O11. The molecule has 0 saturated carbocycles. The predicted molar refractivity (Wildman–Crippen MR) is 145 cm³/mol. The maximum Gasteiger partial charge on any atom is 0.407 e. The summed E-state index contributed by atoms with van der Waals surface area (Å²) in [5.41, 5.74) is 0. The fraction of sp³-hybridized carbons (Fsp3) is 0.800. The number of carbonyl (C=O) groups is 5. The maximum atomic E-state index is 11.4. The summed E-state index contributed by atoms with van der Waals surface area (Å²) in [5.74, 6) is -0.514. The Bertz CT molecular complexity index is 706. The zero-order valence-electron chi connectivity index (χ0n) is 24.6. The van der Waals surface area contributed by atoms with E-state index in [2.05, 4.69) is 21.3 Å². The van der Waals surface area contributed by atoms with E-state index < -0.39 is 18.1 Å². The summed E-state index contributed by atoms with van der Waals surface area (Å²) in [6.45, 7) is 10.3. The number of ether oxygens (including phenoxy) is 6. The molecule has 0 aliphatic carbocycles. The third-order valence-electron chi connectivity index (χ3n) is 4.38. The number of carbonyl (C=O) groups excluding carboxylic acids is 5. The number of alkyl carbamates (subject to hydrolysis) is 2. The van der Waals surface area contributed by atoms with Crippen LogP contribution in [0.25, 0.3) is 0 Å². The molecule has 0 saturated heterocycles. The van der Waals surface area contributed by atoms with Crippen LogP contribution in [-0.2, 0) is 42.8 Å². The molecule has 0 aliphatic rings. The van der Waals surface area contributed by atoms with Crippen molar-refractivity contribution < 1.29 is 52.4 Å². The number of amides is 4. The first-order chi connectivity index (χ1) is 19.0. The monoisotopic (exact) mass is 580 g/mol. The summed E-state index contributed by atoms with van der Waals surface area (Å²) >= 11 is 0. The molecule has 15 heteroatoms. The Morgan fingerprint density at radius 1 is 0.550 bits per heavy atom. The Balaban J connectivity index is 0. The molecule has 0 aromatic rings. The van der Waals surface area contributed by atoms with Crippen LogP contribution in [0.1, 0.15) is 27.7 Å². The molecule has 0 fully saturated rings. The van der Waals surface area contributed by atoms with Gasteiger partial charge in [0.2, 0.25) is 11.8 Å². The second-order valence-corrected chi connectivity index (χ2v) is 8.78. The molecule has 0 aromatic carbocycles. The van der Waals surface area contributed by atoms with Crippen LogP contribution < -0.4 is 21.3 Å². The molecule has 0 rings (SSSR count). The van der Waals surface area contributed by atoms with Crippen LogP contribution in [-0.4, -0.2) is 123 Å². The van der Waals surface area contributed by atoms with Crippen molar-refractivity contribution in [1.29, 1.82) is 0 Å². The van der Waals surface area contributed by atoms with Gasteiger partial charge in [0.05, 0.1) is 52.7 Å². The Hall–Kier alpha value is -3.01. The number of nitrogens with one attached hydrogen (secondary N) is 4. The molecule has 0 spiro atoms. The van der Waals surface area contributed by atoms with Gasteiger partial charge in [0.25, 0.3) is 0 Å². The van der Waals surface area contributed by atoms with Crippen LogP contribution in [0, 0.1) is 11.8 Å². The van der Waals surface area contributed by atoms with Gasteiger partial charge in [-0.2, -0.15) is 0 Å². The van der Waals surface area contributed by atoms with Crippen molar-refractivity contribution in [3.63, 3.8) is 0 Å². The average molecular weight is 581 g/mol. The van der Waals surface area contributed by atoms with Gasteiger partial charge in [0.1, 0.15) is 19.8 Å². The van der Waals surface area contributed by atoms with Gasteiger partial charge in [-0.25, -0.2) is 9.59 Å². The van der Waals surface area contributed by atoms with Gasteiger partial charge < -0.3 is 49.7 Å². The van der Waals surface area contributed by atoms with E-state index in [1.165, 1.54) is 0 Å². The minimum atomic E-state index is -0.712. The maximum absolute atomic E-state index is 11.4. The van der Waals surface area contributed by atoms with Crippen LogP contribution in [0.4, 0.5) is 9.59 Å². The number of rotatable bonds is 21. The largest absolute Gasteiger partial charge is 0.447 e. The van der Waals surface area contributed by atoms with Crippen molar-refractivity contribution in [2.24, 2.45) is 11.8 Å². The van der Waals surface area contributed by atoms with Crippen molar-refractivity contribution >= 4 is 29.8 Å². The van der Waals surface area contributed by atoms with Crippen molar-refractivity contribution in [1.82, 2.24) is 21.3 Å². The minimum absolute atomic E-state index is 0.0411. The summed E-state index contributed by atoms with van der Waals surface area (Å²) < 4.78 is 29.3. The van der Waals surface area contributed by atoms with E-state index in [4.69, 9.17) is 28.4 Å². The summed E-state index contributed by atoms with van der Waals surface area (Å²) in [5, 5.41) is 9.72. The first-order valence-corrected chi connectivity index (χ1v) is 13.0. The van der Waals surface area contributed by atoms with E-state index in [0.29, 0.717) is 45.5 Å². The second-order valence-electron chi connectivity index (χ2n) is 8.78. The van der Waals surface area contributed by atoms with Crippen molar-refractivity contribution in [2.45, 2.75) is 27.7 Å². The first-order valence-electron chi connectivity index (χ1n) is 13.0. The standard InChI is InChI=1S/C13H24N2O6.C12H24N2O5/c1-10(2)11(16)8-14-12(17)9-15-13(18)21-7-6-20-5-4-19-3;1-10(2)8-13-11(15)9-14-12(16)19-7-6-18-5-4-17-3/h10H,4-9H2,1-3H3,(H,14,17)(H,15,18);10H,4-9H2,1-3H3,(H,13,15)(H,14,16). The molecule has 0 aliphatic heterocycles. The zero-order chi connectivity index (χ0) is 30.6. The average Bonchev–Trinajstić information content (AvgIpc) is 2.92. The molecule has 0 unspecified atom stereocenters. The molecule has 0 aromatic heterocycles. The van der Waals surface area contributed by atoms with Crippen molar-refractivity contribution in [3.05, 3.63) is 0 Å². The van der Waals surface area contributed by atoms with E-state index in [-0.39, 0.29) is 57.1 Å². The van der Waals surface area contributed by atoms with E-state index in [9.17, 15) is 24.0 Å². The molecular weight excluding hydrogens is 532 g/mol. The van der Waals surface area contributed by atoms with Crippen LogP contribution in [0.3, 0.4) is 0 Å². The fourth-order valence-corrected chi connectivity index (χ4v) is 2.11. The number of hydrogen-bond acceptors (Lipinski definition) is 11. The van der Waals surface area contributed by atoms with E-state index in [1.807, 2.05) is 13.8 Å². The number of ketones is 1. The Labute approximate surface area is 236 Å². The van der Waals surface area contributed by atoms with Gasteiger partial charge in [-0.05, 0) is 5.92 Å². The zero-order valence-corrected chi connectivity index (χ0v) is 24.6. The van der Waals surface area contributed by atoms with E-state index in [1.54, 1.807) is 28.1 Å². The molecule has 234 valence electrons. The van der Waals surface area contributed by atoms with Gasteiger partial charge in [0, 0.05) is 26.7 Å². The predicted octanol–water partition coefficient (Wildman–Crippen LogP) is -0.135. The molecule has 0 radical (unpaired) electrons. The fourth-order valence-electron chi connectivity index (χ4n) is 2.11. The highest BCUT2D eigenvalue weighted by Crippen LogP contribution is 1.91. The third-order valence-corrected chi connectivity index (χ3v) is 4.38. The number of hydrogen-bond donors (Lipinski definition) is 4. The Morgan fingerprint density at radius 2 is 0.975 bits per heavy atom. The second kappa shape index (κ2) is 27.6. The minimum Gasteiger partial charge on any atom is -0.447 e. The van der Waals surface area contributed by atoms with Crippen LogP contribution >= 0.6 is 0 Å². The number of Topliss-reactive ketones (excluding diaryl/α,β-unsaturated/α-hetero) is 1. The van der Waals surface area contributed by atoms with Crippen molar-refractivity contribution in [2.75, 3.05) is 93.3 Å². The Kier molecular flexibility index (Phi) is 27.0. The molecule has 40 heavy (non-hydrogen) atoms. The normalized spacial score (nSPS) is 10.3. The Morgan fingerprint density at radius 3 is 1.38 bits per heavy atom. The lowest BCUT2D eigenvalue weighted by atomic mass is 10.1. The highest BCUT2D eigenvalue weighted by atomic mass is 16.6. The van der Waals surface area contributed by atoms with E-state index in [0.717, 1.165) is 0 Å². The lowest BCUT2D eigenvalue weighted by Gasteiger charge is -2.09. The highest BCUT2D eigenvalue weighted by Gasteiger charge is 2.10. The molecule has 4 N–H and O–H groups in total. The summed E-state index contributed by atoms with van der Waals surface area (Å²) in [7, 11) is 3.14. The topological polar surface area (TPSA) is 189 Å². The van der Waals surface area contributed by atoms with Gasteiger partial charge in [-0.15, -0.1) is 0 Å². The van der Waals surface area contributed by atoms with Crippen LogP contribution in [0.5, 0.6) is 0 Å². The summed E-state index contributed by atoms with van der Waals surface area (Å²) in [6, 6.07) is 0. The molecule has 15 nitrogen and oxygen atoms in total. The lowest BCUT2D eigenvalue weighted by molar-refractivity contribution is -0.126. The molecule has 0 atom stereocenters. The SMILES string of the molecule is COCCOCCOC(=O)NCC(=O)NCC(=O)C(C)C.COCCOCCOC(=O)NCC(=O)NCC(C)C. The number of methoxy groups -OCH3 is 2. The van der Waals surface area contributed by atoms with E-state index >= 15 is 0 Å². The molecule has 4 amide bonds. The lowest BCUT2D eigenvalue weighted by Crippen LogP contribution is -2.40.